The molecule has 2 atom stereocenters. The van der Waals surface area contributed by atoms with Gasteiger partial charge in [0, 0.05) is 0 Å². The summed E-state index contributed by atoms with van der Waals surface area (Å²) >= 11 is -1.44. The number of rotatable bonds is 0. The minimum Gasteiger partial charge on any atom is -0.262 e. The Morgan fingerprint density at radius 3 is 2.10 bits per heavy atom. The third-order valence-electron chi connectivity index (χ3n) is 2.05. The van der Waals surface area contributed by atoms with E-state index in [2.05, 4.69) is 0 Å². The van der Waals surface area contributed by atoms with Gasteiger partial charge in [0.15, 0.2) is 0 Å². The van der Waals surface area contributed by atoms with Crippen LogP contribution in [-0.4, -0.2) is 16.4 Å². The molecule has 3 nitrogen and oxygen atoms in total. The fraction of sp³-hybridized carbons (Fsp3) is 1.00. The molecule has 1 saturated heterocycles. The van der Waals surface area contributed by atoms with Crippen molar-refractivity contribution in [1.82, 2.24) is 0 Å². The van der Waals surface area contributed by atoms with Gasteiger partial charge in [-0.1, -0.05) is 12.8 Å². The smallest absolute Gasteiger partial charge is 0.262 e. The van der Waals surface area contributed by atoms with Crippen LogP contribution in [0.2, 0.25) is 0 Å². The van der Waals surface area contributed by atoms with E-state index in [9.17, 15) is 4.21 Å². The summed E-state index contributed by atoms with van der Waals surface area (Å²) in [6.07, 6.45) is 4.63. The van der Waals surface area contributed by atoms with E-state index in [0.717, 1.165) is 12.8 Å². The minimum atomic E-state index is -1.44. The van der Waals surface area contributed by atoms with Crippen LogP contribution in [-0.2, 0) is 19.7 Å². The van der Waals surface area contributed by atoms with Crippen molar-refractivity contribution in [2.45, 2.75) is 37.9 Å². The average Bonchev–Trinajstić information content (AvgIpc) is 2.27. The maximum absolute atomic E-state index is 10.7. The molecular formula is C6H10O3S. The van der Waals surface area contributed by atoms with Crippen LogP contribution in [0.25, 0.3) is 0 Å². The van der Waals surface area contributed by atoms with Crippen LogP contribution in [0.5, 0.6) is 0 Å². The van der Waals surface area contributed by atoms with Crippen molar-refractivity contribution in [3.8, 4) is 0 Å². The van der Waals surface area contributed by atoms with Crippen molar-refractivity contribution in [3.63, 3.8) is 0 Å². The Labute approximate surface area is 62.6 Å². The third kappa shape index (κ3) is 1.11. The van der Waals surface area contributed by atoms with Crippen LogP contribution < -0.4 is 0 Å². The lowest BCUT2D eigenvalue weighted by Gasteiger charge is -2.19. The zero-order chi connectivity index (χ0) is 6.97. The van der Waals surface area contributed by atoms with Crippen molar-refractivity contribution < 1.29 is 12.6 Å². The summed E-state index contributed by atoms with van der Waals surface area (Å²) in [5.41, 5.74) is 0. The van der Waals surface area contributed by atoms with E-state index in [0.29, 0.717) is 0 Å². The van der Waals surface area contributed by atoms with E-state index in [1.165, 1.54) is 12.8 Å². The molecule has 2 unspecified atom stereocenters. The Bertz CT molecular complexity index is 143. The predicted octanol–water partition coefficient (Wildman–Crippen LogP) is 0.923. The lowest BCUT2D eigenvalue weighted by atomic mass is 9.95. The summed E-state index contributed by atoms with van der Waals surface area (Å²) in [5, 5.41) is 0. The molecule has 4 heteroatoms. The molecule has 0 amide bonds. The highest BCUT2D eigenvalue weighted by Crippen LogP contribution is 2.30. The molecule has 0 aromatic carbocycles. The molecule has 2 rings (SSSR count). The summed E-state index contributed by atoms with van der Waals surface area (Å²) < 4.78 is 20.7. The van der Waals surface area contributed by atoms with Crippen molar-refractivity contribution >= 4 is 11.4 Å². The first kappa shape index (κ1) is 6.76. The van der Waals surface area contributed by atoms with Crippen LogP contribution in [0.1, 0.15) is 25.7 Å². The van der Waals surface area contributed by atoms with Crippen molar-refractivity contribution in [2.75, 3.05) is 0 Å². The molecule has 1 aliphatic heterocycles. The van der Waals surface area contributed by atoms with Gasteiger partial charge in [-0.05, 0) is 12.8 Å². The zero-order valence-corrected chi connectivity index (χ0v) is 6.43. The Kier molecular flexibility index (Phi) is 1.76. The lowest BCUT2D eigenvalue weighted by molar-refractivity contribution is 0.110. The van der Waals surface area contributed by atoms with Crippen LogP contribution in [0.15, 0.2) is 0 Å². The first-order chi connectivity index (χ1) is 4.86. The van der Waals surface area contributed by atoms with Crippen LogP contribution >= 0.6 is 0 Å². The third-order valence-corrected chi connectivity index (χ3v) is 2.85. The first-order valence-electron chi connectivity index (χ1n) is 3.62. The molecule has 1 heterocycles. The van der Waals surface area contributed by atoms with Gasteiger partial charge in [0.25, 0.3) is 0 Å². The second-order valence-corrected chi connectivity index (χ2v) is 3.55. The zero-order valence-electron chi connectivity index (χ0n) is 5.62. The Morgan fingerprint density at radius 1 is 1.10 bits per heavy atom. The van der Waals surface area contributed by atoms with Crippen LogP contribution in [0.3, 0.4) is 0 Å². The normalized spacial score (nSPS) is 47.0. The molecule has 10 heavy (non-hydrogen) atoms. The topological polar surface area (TPSA) is 35.5 Å². The quantitative estimate of drug-likeness (QED) is 0.531. The summed E-state index contributed by atoms with van der Waals surface area (Å²) in [6.45, 7) is 0. The van der Waals surface area contributed by atoms with Crippen molar-refractivity contribution in [3.05, 3.63) is 0 Å². The molecule has 1 aliphatic carbocycles. The molecule has 0 aromatic rings. The van der Waals surface area contributed by atoms with E-state index in [1.807, 2.05) is 0 Å². The fourth-order valence-electron chi connectivity index (χ4n) is 1.51. The molecule has 0 aromatic heterocycles. The monoisotopic (exact) mass is 162 g/mol. The molecule has 0 spiro atoms. The second kappa shape index (κ2) is 2.60. The number of fused-ring (bicyclic) bond motifs is 1. The van der Waals surface area contributed by atoms with Crippen molar-refractivity contribution in [2.24, 2.45) is 0 Å². The minimum absolute atomic E-state index is 0.120. The standard InChI is InChI=1S/C6H10O3S/c7-10-8-5-3-1-2-4-6(5)9-10/h5-6H,1-4H2. The van der Waals surface area contributed by atoms with Crippen LogP contribution in [0, 0.1) is 0 Å². The predicted molar refractivity (Wildman–Crippen MR) is 36.4 cm³/mol. The van der Waals surface area contributed by atoms with E-state index >= 15 is 0 Å². The van der Waals surface area contributed by atoms with Gasteiger partial charge in [0.05, 0.1) is 0 Å². The van der Waals surface area contributed by atoms with Gasteiger partial charge in [0.2, 0.25) is 0 Å². The molecule has 58 valence electrons. The van der Waals surface area contributed by atoms with Crippen LogP contribution in [0.4, 0.5) is 0 Å². The lowest BCUT2D eigenvalue weighted by Crippen LogP contribution is -2.25. The highest BCUT2D eigenvalue weighted by molar-refractivity contribution is 7.75. The van der Waals surface area contributed by atoms with E-state index in [1.54, 1.807) is 0 Å². The number of hydrogen-bond donors (Lipinski definition) is 0. The summed E-state index contributed by atoms with van der Waals surface area (Å²) in [7, 11) is 0. The van der Waals surface area contributed by atoms with Gasteiger partial charge in [-0.25, -0.2) is 0 Å². The van der Waals surface area contributed by atoms with Crippen molar-refractivity contribution in [1.29, 1.82) is 0 Å². The van der Waals surface area contributed by atoms with Gasteiger partial charge in [-0.2, -0.15) is 4.21 Å². The van der Waals surface area contributed by atoms with Gasteiger partial charge in [-0.15, -0.1) is 0 Å². The van der Waals surface area contributed by atoms with E-state index in [4.69, 9.17) is 8.37 Å². The average molecular weight is 162 g/mol. The van der Waals surface area contributed by atoms with Gasteiger partial charge >= 0.3 is 11.4 Å². The molecule has 0 bridgehead atoms. The molecule has 0 radical (unpaired) electrons. The summed E-state index contributed by atoms with van der Waals surface area (Å²) in [5.74, 6) is 0. The largest absolute Gasteiger partial charge is 0.305 e. The molecular weight excluding hydrogens is 152 g/mol. The first-order valence-corrected chi connectivity index (χ1v) is 4.62. The molecule has 2 fully saturated rings. The SMILES string of the molecule is O=S1OC2CCCCC2O1. The Morgan fingerprint density at radius 2 is 1.60 bits per heavy atom. The second-order valence-electron chi connectivity index (χ2n) is 2.76. The maximum Gasteiger partial charge on any atom is 0.305 e. The molecule has 0 N–H and O–H groups in total. The van der Waals surface area contributed by atoms with E-state index in [-0.39, 0.29) is 12.2 Å². The molecule has 2 aliphatic rings. The Hall–Kier alpha value is 0.0700. The highest BCUT2D eigenvalue weighted by atomic mass is 32.2. The van der Waals surface area contributed by atoms with Gasteiger partial charge in [-0.3, -0.25) is 8.37 Å². The summed E-state index contributed by atoms with van der Waals surface area (Å²) in [6, 6.07) is 0. The Balaban J connectivity index is 2.04. The summed E-state index contributed by atoms with van der Waals surface area (Å²) in [4.78, 5) is 0. The van der Waals surface area contributed by atoms with Gasteiger partial charge in [0.1, 0.15) is 12.2 Å². The maximum atomic E-state index is 10.7. The van der Waals surface area contributed by atoms with Gasteiger partial charge < -0.3 is 0 Å². The van der Waals surface area contributed by atoms with E-state index < -0.39 is 11.4 Å². The highest BCUT2D eigenvalue weighted by Gasteiger charge is 2.36. The molecule has 1 saturated carbocycles. The fourth-order valence-corrected chi connectivity index (χ4v) is 2.40. The number of hydrogen-bond acceptors (Lipinski definition) is 3.